The Bertz CT molecular complexity index is 628. The highest BCUT2D eigenvalue weighted by Gasteiger charge is 2.33. The summed E-state index contributed by atoms with van der Waals surface area (Å²) < 4.78 is 2.13. The van der Waals surface area contributed by atoms with Crippen molar-refractivity contribution in [3.8, 4) is 0 Å². The Morgan fingerprint density at radius 2 is 2.12 bits per heavy atom. The average Bonchev–Trinajstić information content (AvgIpc) is 2.96. The summed E-state index contributed by atoms with van der Waals surface area (Å²) in [5.41, 5.74) is 0. The molecule has 24 heavy (non-hydrogen) atoms. The number of hydrogen-bond acceptors (Lipinski definition) is 4. The first kappa shape index (κ1) is 16.7. The van der Waals surface area contributed by atoms with E-state index in [-0.39, 0.29) is 11.9 Å². The molecule has 0 saturated carbocycles. The van der Waals surface area contributed by atoms with E-state index >= 15 is 0 Å². The minimum Gasteiger partial charge on any atom is -0.339 e. The van der Waals surface area contributed by atoms with Crippen molar-refractivity contribution in [2.75, 3.05) is 26.2 Å². The minimum absolute atomic E-state index is 0.0290. The van der Waals surface area contributed by atoms with E-state index in [0.29, 0.717) is 32.1 Å². The maximum absolute atomic E-state index is 12.5. The van der Waals surface area contributed by atoms with Gasteiger partial charge in [0.25, 0.3) is 0 Å². The van der Waals surface area contributed by atoms with Crippen LogP contribution in [-0.2, 0) is 17.8 Å². The van der Waals surface area contributed by atoms with Crippen molar-refractivity contribution < 1.29 is 9.59 Å². The zero-order chi connectivity index (χ0) is 17.3. The molecule has 0 aliphatic carbocycles. The molecule has 2 unspecified atom stereocenters. The third-order valence-electron chi connectivity index (χ3n) is 5.16. The number of likely N-dealkylation sites (N-methyl/N-ethyl adjacent to an activating group) is 1. The van der Waals surface area contributed by atoms with E-state index in [9.17, 15) is 9.59 Å². The number of fused-ring (bicyclic) bond motifs is 1. The Labute approximate surface area is 142 Å². The lowest BCUT2D eigenvalue weighted by Gasteiger charge is -2.38. The van der Waals surface area contributed by atoms with Gasteiger partial charge in [-0.25, -0.2) is 4.79 Å². The van der Waals surface area contributed by atoms with E-state index in [1.165, 1.54) is 0 Å². The van der Waals surface area contributed by atoms with Gasteiger partial charge in [0.1, 0.15) is 17.7 Å². The van der Waals surface area contributed by atoms with Crippen LogP contribution in [0.3, 0.4) is 0 Å². The second-order valence-electron chi connectivity index (χ2n) is 6.65. The molecule has 0 spiro atoms. The molecule has 3 amide bonds. The van der Waals surface area contributed by atoms with E-state index in [2.05, 4.69) is 20.1 Å². The summed E-state index contributed by atoms with van der Waals surface area (Å²) in [5.74, 6) is 2.36. The summed E-state index contributed by atoms with van der Waals surface area (Å²) >= 11 is 0. The van der Waals surface area contributed by atoms with Crippen LogP contribution in [0.15, 0.2) is 0 Å². The van der Waals surface area contributed by atoms with Gasteiger partial charge >= 0.3 is 6.03 Å². The van der Waals surface area contributed by atoms with E-state index < -0.39 is 6.04 Å². The Morgan fingerprint density at radius 1 is 1.33 bits per heavy atom. The Hall–Kier alpha value is -2.12. The zero-order valence-corrected chi connectivity index (χ0v) is 14.7. The van der Waals surface area contributed by atoms with Crippen LogP contribution in [0.2, 0.25) is 0 Å². The fourth-order valence-electron chi connectivity index (χ4n) is 3.55. The Balaban J connectivity index is 1.53. The number of urea groups is 1. The first-order chi connectivity index (χ1) is 11.5. The number of piperazine rings is 1. The van der Waals surface area contributed by atoms with Crippen molar-refractivity contribution in [1.82, 2.24) is 29.9 Å². The molecule has 1 saturated heterocycles. The summed E-state index contributed by atoms with van der Waals surface area (Å²) in [5, 5.41) is 11.3. The molecule has 132 valence electrons. The lowest BCUT2D eigenvalue weighted by atomic mass is 9.99. The predicted octanol–water partition coefficient (Wildman–Crippen LogP) is 0.411. The minimum atomic E-state index is -0.392. The number of carbonyl (C=O) groups excluding carboxylic acids is 2. The highest BCUT2D eigenvalue weighted by Crippen LogP contribution is 2.19. The molecule has 0 bridgehead atoms. The van der Waals surface area contributed by atoms with Gasteiger partial charge in [0, 0.05) is 39.1 Å². The van der Waals surface area contributed by atoms with Crippen molar-refractivity contribution >= 4 is 11.9 Å². The summed E-state index contributed by atoms with van der Waals surface area (Å²) in [7, 11) is 0. The first-order valence-corrected chi connectivity index (χ1v) is 8.73. The molecule has 2 aliphatic heterocycles. The van der Waals surface area contributed by atoms with Crippen LogP contribution in [0, 0.1) is 12.8 Å². The highest BCUT2D eigenvalue weighted by molar-refractivity contribution is 5.87. The lowest BCUT2D eigenvalue weighted by molar-refractivity contribution is -0.138. The van der Waals surface area contributed by atoms with Gasteiger partial charge in [-0.15, -0.1) is 10.2 Å². The average molecular weight is 334 g/mol. The van der Waals surface area contributed by atoms with Gasteiger partial charge in [-0.05, 0) is 33.1 Å². The topological polar surface area (TPSA) is 83.4 Å². The van der Waals surface area contributed by atoms with Crippen molar-refractivity contribution in [2.45, 2.75) is 46.2 Å². The highest BCUT2D eigenvalue weighted by atomic mass is 16.2. The molecule has 2 aliphatic rings. The fourth-order valence-corrected chi connectivity index (χ4v) is 3.55. The Morgan fingerprint density at radius 3 is 2.88 bits per heavy atom. The van der Waals surface area contributed by atoms with Gasteiger partial charge in [0.15, 0.2) is 0 Å². The monoisotopic (exact) mass is 334 g/mol. The number of nitrogens with zero attached hydrogens (tertiary/aromatic N) is 5. The maximum atomic E-state index is 12.5. The van der Waals surface area contributed by atoms with Gasteiger partial charge in [0.05, 0.1) is 0 Å². The van der Waals surface area contributed by atoms with Crippen molar-refractivity contribution in [1.29, 1.82) is 0 Å². The quantitative estimate of drug-likeness (QED) is 0.868. The normalized spacial score (nSPS) is 24.0. The number of carbonyl (C=O) groups is 2. The molecule has 1 fully saturated rings. The van der Waals surface area contributed by atoms with Crippen LogP contribution in [0.4, 0.5) is 4.79 Å². The molecule has 1 N–H and O–H groups in total. The molecule has 0 radical (unpaired) electrons. The number of aryl methyl sites for hydroxylation is 2. The fraction of sp³-hybridized carbons (Fsp3) is 0.750. The van der Waals surface area contributed by atoms with Crippen molar-refractivity contribution in [3.63, 3.8) is 0 Å². The van der Waals surface area contributed by atoms with Crippen LogP contribution in [0.5, 0.6) is 0 Å². The van der Waals surface area contributed by atoms with Crippen LogP contribution in [0.1, 0.15) is 31.9 Å². The SMILES string of the molecule is CCN1CCN(C(=O)NCC2CCc3nnc(C)n3C2)C(C)C1=O. The van der Waals surface area contributed by atoms with E-state index in [1.807, 2.05) is 13.8 Å². The molecular weight excluding hydrogens is 308 g/mol. The van der Waals surface area contributed by atoms with Crippen LogP contribution in [0.25, 0.3) is 0 Å². The number of aromatic nitrogens is 3. The Kier molecular flexibility index (Phi) is 4.73. The summed E-state index contributed by atoms with van der Waals surface area (Å²) in [4.78, 5) is 28.1. The second kappa shape index (κ2) is 6.78. The molecule has 8 nitrogen and oxygen atoms in total. The molecule has 1 aromatic rings. The molecule has 2 atom stereocenters. The van der Waals surface area contributed by atoms with Gasteiger partial charge < -0.3 is 19.7 Å². The largest absolute Gasteiger partial charge is 0.339 e. The van der Waals surface area contributed by atoms with E-state index in [1.54, 1.807) is 16.7 Å². The van der Waals surface area contributed by atoms with Gasteiger partial charge in [0.2, 0.25) is 5.91 Å². The molecule has 0 aromatic carbocycles. The number of hydrogen-bond donors (Lipinski definition) is 1. The molecule has 3 heterocycles. The molecule has 3 rings (SSSR count). The molecule has 1 aromatic heterocycles. The standard InChI is InChI=1S/C16H26N6O2/c1-4-20-7-8-21(11(2)15(20)23)16(24)17-9-13-5-6-14-19-18-12(3)22(14)10-13/h11,13H,4-10H2,1-3H3,(H,17,24). The van der Waals surface area contributed by atoms with Crippen LogP contribution < -0.4 is 5.32 Å². The smallest absolute Gasteiger partial charge is 0.318 e. The second-order valence-corrected chi connectivity index (χ2v) is 6.65. The third kappa shape index (κ3) is 3.09. The summed E-state index contributed by atoms with van der Waals surface area (Å²) in [6.45, 7) is 9.07. The lowest BCUT2D eigenvalue weighted by Crippen LogP contribution is -2.59. The summed E-state index contributed by atoms with van der Waals surface area (Å²) in [6, 6.07) is -0.533. The number of rotatable bonds is 3. The van der Waals surface area contributed by atoms with Gasteiger partial charge in [-0.2, -0.15) is 0 Å². The van der Waals surface area contributed by atoms with Crippen LogP contribution in [-0.4, -0.2) is 68.7 Å². The molecule has 8 heteroatoms. The number of amides is 3. The number of nitrogens with one attached hydrogen (secondary N) is 1. The maximum Gasteiger partial charge on any atom is 0.318 e. The van der Waals surface area contributed by atoms with E-state index in [4.69, 9.17) is 0 Å². The molecular formula is C16H26N6O2. The predicted molar refractivity (Wildman–Crippen MR) is 88.4 cm³/mol. The van der Waals surface area contributed by atoms with Crippen molar-refractivity contribution in [2.24, 2.45) is 5.92 Å². The van der Waals surface area contributed by atoms with E-state index in [0.717, 1.165) is 31.0 Å². The summed E-state index contributed by atoms with van der Waals surface area (Å²) in [6.07, 6.45) is 1.89. The van der Waals surface area contributed by atoms with Crippen LogP contribution >= 0.6 is 0 Å². The van der Waals surface area contributed by atoms with Gasteiger partial charge in [-0.3, -0.25) is 4.79 Å². The third-order valence-corrected chi connectivity index (χ3v) is 5.16. The van der Waals surface area contributed by atoms with Gasteiger partial charge in [-0.1, -0.05) is 0 Å². The zero-order valence-electron chi connectivity index (χ0n) is 14.7. The van der Waals surface area contributed by atoms with Crippen molar-refractivity contribution in [3.05, 3.63) is 11.6 Å². The first-order valence-electron chi connectivity index (χ1n) is 8.73.